The lowest BCUT2D eigenvalue weighted by molar-refractivity contribution is 0.0950. The molecule has 144 valence electrons. The fraction of sp³-hybridized carbons (Fsp3) is 0.211. The first-order valence-electron chi connectivity index (χ1n) is 8.12. The summed E-state index contributed by atoms with van der Waals surface area (Å²) in [6.45, 7) is 4.11. The van der Waals surface area contributed by atoms with Gasteiger partial charge < -0.3 is 10.1 Å². The molecule has 0 aliphatic heterocycles. The predicted octanol–water partition coefficient (Wildman–Crippen LogP) is 2.37. The average molecular weight is 392 g/mol. The van der Waals surface area contributed by atoms with Crippen molar-refractivity contribution in [3.8, 4) is 0 Å². The van der Waals surface area contributed by atoms with Crippen LogP contribution in [-0.4, -0.2) is 28.0 Å². The Bertz CT molecular complexity index is 912. The summed E-state index contributed by atoms with van der Waals surface area (Å²) in [4.78, 5) is 11.7. The topological polar surface area (TPSA) is 84.5 Å². The minimum absolute atomic E-state index is 0.0444. The molecular formula is C19H21FN2O4S. The van der Waals surface area contributed by atoms with Gasteiger partial charge in [0.15, 0.2) is 0 Å². The zero-order valence-corrected chi connectivity index (χ0v) is 15.7. The van der Waals surface area contributed by atoms with Crippen molar-refractivity contribution in [2.45, 2.75) is 18.0 Å². The Morgan fingerprint density at radius 3 is 2.48 bits per heavy atom. The third-order valence-electron chi connectivity index (χ3n) is 3.69. The smallest absolute Gasteiger partial charge is 0.251 e. The van der Waals surface area contributed by atoms with Crippen LogP contribution in [0, 0.1) is 5.82 Å². The fourth-order valence-electron chi connectivity index (χ4n) is 2.30. The van der Waals surface area contributed by atoms with Crippen LogP contribution in [0.3, 0.4) is 0 Å². The maximum Gasteiger partial charge on any atom is 0.251 e. The molecule has 0 saturated heterocycles. The van der Waals surface area contributed by atoms with Gasteiger partial charge in [-0.1, -0.05) is 30.3 Å². The van der Waals surface area contributed by atoms with Crippen LogP contribution < -0.4 is 10.0 Å². The maximum atomic E-state index is 13.9. The second kappa shape index (κ2) is 9.40. The molecule has 27 heavy (non-hydrogen) atoms. The van der Waals surface area contributed by atoms with Gasteiger partial charge in [-0.3, -0.25) is 4.79 Å². The lowest BCUT2D eigenvalue weighted by atomic mass is 10.1. The van der Waals surface area contributed by atoms with Gasteiger partial charge in [0.05, 0.1) is 6.61 Å². The van der Waals surface area contributed by atoms with Gasteiger partial charge in [-0.25, -0.2) is 17.5 Å². The van der Waals surface area contributed by atoms with Crippen LogP contribution in [0.25, 0.3) is 0 Å². The van der Waals surface area contributed by atoms with Crippen LogP contribution in [-0.2, 0) is 27.9 Å². The number of halogens is 1. The molecule has 0 fully saturated rings. The first-order chi connectivity index (χ1) is 12.9. The van der Waals surface area contributed by atoms with Gasteiger partial charge in [-0.15, -0.1) is 6.58 Å². The van der Waals surface area contributed by atoms with E-state index in [1.807, 2.05) is 24.3 Å². The molecular weight excluding hydrogens is 371 g/mol. The molecule has 2 N–H and O–H groups in total. The molecule has 6 nitrogen and oxygen atoms in total. The Morgan fingerprint density at radius 2 is 1.85 bits per heavy atom. The molecule has 0 aliphatic rings. The first-order valence-corrected chi connectivity index (χ1v) is 9.60. The third kappa shape index (κ3) is 5.72. The Hall–Kier alpha value is -2.55. The Kier molecular flexibility index (Phi) is 7.23. The number of hydrogen-bond donors (Lipinski definition) is 2. The number of methoxy groups -OCH3 is 1. The standard InChI is InChI=1S/C19H21FN2O4S/c1-3-10-22-27(24,25)18-11-16(8-9-17(18)20)19(23)21-12-14-4-6-15(7-5-14)13-26-2/h3-9,11,22H,1,10,12-13H2,2H3,(H,21,23). The number of amides is 1. The molecule has 1 amide bonds. The zero-order chi connectivity index (χ0) is 19.9. The molecule has 0 radical (unpaired) electrons. The molecule has 2 aromatic carbocycles. The first kappa shape index (κ1) is 20.8. The van der Waals surface area contributed by atoms with Crippen molar-refractivity contribution in [2.24, 2.45) is 0 Å². The van der Waals surface area contributed by atoms with Crippen molar-refractivity contribution in [3.05, 3.63) is 77.6 Å². The minimum Gasteiger partial charge on any atom is -0.380 e. The summed E-state index contributed by atoms with van der Waals surface area (Å²) < 4.78 is 45.4. The molecule has 2 aromatic rings. The van der Waals surface area contributed by atoms with Crippen molar-refractivity contribution in [1.29, 1.82) is 0 Å². The number of benzene rings is 2. The molecule has 0 unspecified atom stereocenters. The van der Waals surface area contributed by atoms with E-state index in [1.54, 1.807) is 7.11 Å². The van der Waals surface area contributed by atoms with Crippen LogP contribution in [0.1, 0.15) is 21.5 Å². The largest absolute Gasteiger partial charge is 0.380 e. The minimum atomic E-state index is -4.07. The van der Waals surface area contributed by atoms with Gasteiger partial charge in [0.2, 0.25) is 10.0 Å². The lowest BCUT2D eigenvalue weighted by Gasteiger charge is -2.10. The summed E-state index contributed by atoms with van der Waals surface area (Å²) in [7, 11) is -2.47. The lowest BCUT2D eigenvalue weighted by Crippen LogP contribution is -2.26. The number of hydrogen-bond acceptors (Lipinski definition) is 4. The van der Waals surface area contributed by atoms with Crippen molar-refractivity contribution in [1.82, 2.24) is 10.0 Å². The van der Waals surface area contributed by atoms with E-state index in [4.69, 9.17) is 4.74 Å². The molecule has 0 bridgehead atoms. The predicted molar refractivity (Wildman–Crippen MR) is 100 cm³/mol. The summed E-state index contributed by atoms with van der Waals surface area (Å²) in [6, 6.07) is 10.7. The molecule has 0 atom stereocenters. The zero-order valence-electron chi connectivity index (χ0n) is 14.9. The summed E-state index contributed by atoms with van der Waals surface area (Å²) >= 11 is 0. The average Bonchev–Trinajstić information content (AvgIpc) is 2.66. The molecule has 0 aliphatic carbocycles. The SMILES string of the molecule is C=CCNS(=O)(=O)c1cc(C(=O)NCc2ccc(COC)cc2)ccc1F. The normalized spacial score (nSPS) is 11.2. The Labute approximate surface area is 158 Å². The van der Waals surface area contributed by atoms with E-state index in [2.05, 4.69) is 16.6 Å². The highest BCUT2D eigenvalue weighted by Crippen LogP contribution is 2.16. The van der Waals surface area contributed by atoms with Crippen molar-refractivity contribution >= 4 is 15.9 Å². The number of carbonyl (C=O) groups is 1. The van der Waals surface area contributed by atoms with Crippen LogP contribution in [0.15, 0.2) is 60.0 Å². The second-order valence-corrected chi connectivity index (χ2v) is 7.45. The highest BCUT2D eigenvalue weighted by molar-refractivity contribution is 7.89. The number of sulfonamides is 1. The van der Waals surface area contributed by atoms with Gasteiger partial charge in [0, 0.05) is 25.8 Å². The fourth-order valence-corrected chi connectivity index (χ4v) is 3.40. The molecule has 0 heterocycles. The summed E-state index contributed by atoms with van der Waals surface area (Å²) in [6.07, 6.45) is 1.34. The molecule has 0 aromatic heterocycles. The quantitative estimate of drug-likeness (QED) is 0.642. The molecule has 0 saturated carbocycles. The van der Waals surface area contributed by atoms with E-state index in [-0.39, 0.29) is 18.7 Å². The highest BCUT2D eigenvalue weighted by atomic mass is 32.2. The van der Waals surface area contributed by atoms with Crippen LogP contribution >= 0.6 is 0 Å². The number of carbonyl (C=O) groups excluding carboxylic acids is 1. The summed E-state index contributed by atoms with van der Waals surface area (Å²) in [5.41, 5.74) is 1.92. The molecule has 8 heteroatoms. The highest BCUT2D eigenvalue weighted by Gasteiger charge is 2.20. The molecule has 0 spiro atoms. The van der Waals surface area contributed by atoms with E-state index in [1.165, 1.54) is 12.1 Å². The summed E-state index contributed by atoms with van der Waals surface area (Å²) in [5, 5.41) is 2.68. The van der Waals surface area contributed by atoms with Gasteiger partial charge >= 0.3 is 0 Å². The van der Waals surface area contributed by atoms with E-state index in [0.29, 0.717) is 6.61 Å². The van der Waals surface area contributed by atoms with Crippen molar-refractivity contribution in [2.75, 3.05) is 13.7 Å². The van der Waals surface area contributed by atoms with Gasteiger partial charge in [-0.05, 0) is 29.3 Å². The maximum absolute atomic E-state index is 13.9. The second-order valence-electron chi connectivity index (χ2n) is 5.72. The number of ether oxygens (including phenoxy) is 1. The third-order valence-corrected chi connectivity index (χ3v) is 5.13. The monoisotopic (exact) mass is 392 g/mol. The van der Waals surface area contributed by atoms with E-state index in [9.17, 15) is 17.6 Å². The van der Waals surface area contributed by atoms with Gasteiger partial charge in [0.1, 0.15) is 10.7 Å². The molecule has 2 rings (SSSR count). The Balaban J connectivity index is 2.10. The van der Waals surface area contributed by atoms with Crippen molar-refractivity contribution < 1.29 is 22.3 Å². The number of nitrogens with one attached hydrogen (secondary N) is 2. The van der Waals surface area contributed by atoms with E-state index in [0.717, 1.165) is 23.3 Å². The van der Waals surface area contributed by atoms with E-state index >= 15 is 0 Å². The van der Waals surface area contributed by atoms with Crippen LogP contribution in [0.5, 0.6) is 0 Å². The van der Waals surface area contributed by atoms with Crippen LogP contribution in [0.4, 0.5) is 4.39 Å². The summed E-state index contributed by atoms with van der Waals surface area (Å²) in [5.74, 6) is -1.44. The van der Waals surface area contributed by atoms with Crippen molar-refractivity contribution in [3.63, 3.8) is 0 Å². The van der Waals surface area contributed by atoms with Crippen LogP contribution in [0.2, 0.25) is 0 Å². The van der Waals surface area contributed by atoms with E-state index < -0.39 is 26.6 Å². The van der Waals surface area contributed by atoms with Gasteiger partial charge in [-0.2, -0.15) is 0 Å². The number of rotatable bonds is 9. The van der Waals surface area contributed by atoms with Gasteiger partial charge in [0.25, 0.3) is 5.91 Å². The Morgan fingerprint density at radius 1 is 1.19 bits per heavy atom.